The maximum absolute atomic E-state index is 12.8. The van der Waals surface area contributed by atoms with Gasteiger partial charge in [0.1, 0.15) is 5.69 Å². The number of alkyl halides is 3. The number of benzene rings is 2. The van der Waals surface area contributed by atoms with E-state index in [-0.39, 0.29) is 29.7 Å². The van der Waals surface area contributed by atoms with Gasteiger partial charge >= 0.3 is 12.1 Å². The lowest BCUT2D eigenvalue weighted by Crippen LogP contribution is -2.28. The third kappa shape index (κ3) is 13.7. The van der Waals surface area contributed by atoms with Gasteiger partial charge in [0.25, 0.3) is 0 Å². The number of nitrogens with one attached hydrogen (secondary N) is 3. The molecule has 16 heteroatoms. The van der Waals surface area contributed by atoms with Crippen LogP contribution < -0.4 is 20.5 Å². The fourth-order valence-electron chi connectivity index (χ4n) is 5.77. The topological polar surface area (TPSA) is 194 Å². The number of carbonyl (C=O) groups is 2. The summed E-state index contributed by atoms with van der Waals surface area (Å²) < 4.78 is 48.5. The fraction of sp³-hybridized carbons (Fsp3) is 0.422. The van der Waals surface area contributed by atoms with Crippen LogP contribution in [0.15, 0.2) is 73.1 Å². The summed E-state index contributed by atoms with van der Waals surface area (Å²) in [5.41, 5.74) is 10.4. The zero-order valence-electron chi connectivity index (χ0n) is 35.8. The van der Waals surface area contributed by atoms with Crippen LogP contribution in [0.25, 0.3) is 21.8 Å². The molecular weight excluding hydrogens is 790 g/mol. The monoisotopic (exact) mass is 846 g/mol. The Labute approximate surface area is 354 Å². The van der Waals surface area contributed by atoms with E-state index < -0.39 is 23.8 Å². The Morgan fingerprint density at radius 2 is 1.25 bits per heavy atom. The van der Waals surface area contributed by atoms with Gasteiger partial charge in [-0.1, -0.05) is 71.7 Å². The van der Waals surface area contributed by atoms with Crippen molar-refractivity contribution in [2.24, 2.45) is 5.73 Å². The molecule has 0 saturated heterocycles. The van der Waals surface area contributed by atoms with Crippen molar-refractivity contribution in [3.05, 3.63) is 107 Å². The first-order valence-corrected chi connectivity index (χ1v) is 20.4. The predicted molar refractivity (Wildman–Crippen MR) is 229 cm³/mol. The fourth-order valence-corrected chi connectivity index (χ4v) is 5.77. The number of carboxylic acids is 1. The number of aromatic nitrogens is 6. The summed E-state index contributed by atoms with van der Waals surface area (Å²) in [6.45, 7) is 15.5. The first-order valence-electron chi connectivity index (χ1n) is 20.4. The third-order valence-electron chi connectivity index (χ3n) is 9.78. The molecule has 4 heterocycles. The second kappa shape index (κ2) is 22.0. The summed E-state index contributed by atoms with van der Waals surface area (Å²) in [7, 11) is 0. The molecule has 6 rings (SSSR count). The van der Waals surface area contributed by atoms with Crippen LogP contribution in [0.5, 0.6) is 11.8 Å². The van der Waals surface area contributed by atoms with Crippen LogP contribution >= 0.6 is 0 Å². The van der Waals surface area contributed by atoms with Crippen molar-refractivity contribution in [1.82, 2.24) is 35.7 Å². The Kier molecular flexibility index (Phi) is 17.2. The number of pyridine rings is 2. The summed E-state index contributed by atoms with van der Waals surface area (Å²) in [5.74, 6) is -0.991. The molecule has 13 nitrogen and oxygen atoms in total. The molecule has 0 radical (unpaired) electrons. The molecule has 328 valence electrons. The Hall–Kier alpha value is -6.03. The first kappa shape index (κ1) is 47.6. The van der Waals surface area contributed by atoms with E-state index in [2.05, 4.69) is 58.4 Å². The van der Waals surface area contributed by atoms with Gasteiger partial charge in [-0.3, -0.25) is 19.8 Å². The Morgan fingerprint density at radius 3 is 1.74 bits per heavy atom. The lowest BCUT2D eigenvalue weighted by atomic mass is 9.91. The van der Waals surface area contributed by atoms with Gasteiger partial charge in [0.05, 0.1) is 48.5 Å². The number of unbranched alkanes of at least 4 members (excludes halogenated alkanes) is 2. The highest BCUT2D eigenvalue weighted by molar-refractivity contribution is 5.86. The minimum Gasteiger partial charge on any atom is -0.481 e. The smallest absolute Gasteiger partial charge is 0.433 e. The average Bonchev–Trinajstić information content (AvgIpc) is 3.92. The van der Waals surface area contributed by atoms with Crippen LogP contribution in [-0.2, 0) is 34.3 Å². The third-order valence-corrected chi connectivity index (χ3v) is 9.78. The molecule has 2 unspecified atom stereocenters. The van der Waals surface area contributed by atoms with Crippen molar-refractivity contribution < 1.29 is 37.3 Å². The van der Waals surface area contributed by atoms with E-state index in [0.29, 0.717) is 31.2 Å². The molecule has 0 fully saturated rings. The number of ether oxygens (including phenoxy) is 2. The van der Waals surface area contributed by atoms with Crippen molar-refractivity contribution in [3.63, 3.8) is 0 Å². The quantitative estimate of drug-likeness (QED) is 0.0622. The lowest BCUT2D eigenvalue weighted by molar-refractivity contribution is -0.141. The molecule has 0 aliphatic rings. The number of carboxylic acid groups (broad SMARTS) is 1. The number of nitrogens with two attached hydrogens (primary N) is 1. The van der Waals surface area contributed by atoms with Gasteiger partial charge in [0, 0.05) is 46.1 Å². The summed E-state index contributed by atoms with van der Waals surface area (Å²) >= 11 is 0. The SMILES string of the molecule is CC(C(=O)O)c1ccc2[nH]ncc2c1.CCCCOc1nc(C(C)(C)C)ccc1CNC(=O)C(C)c1ccc2[nH]ncc2c1.CCCCOc1nc(C(F)(F)F)ccc1CN. The van der Waals surface area contributed by atoms with Crippen LogP contribution in [0.1, 0.15) is 120 Å². The minimum atomic E-state index is -4.46. The molecule has 0 aliphatic heterocycles. The number of rotatable bonds is 15. The summed E-state index contributed by atoms with van der Waals surface area (Å²) in [5, 5.41) is 27.5. The number of aromatic amines is 2. The molecule has 1 amide bonds. The minimum absolute atomic E-state index is 0.0178. The number of hydrogen-bond acceptors (Lipinski definition) is 9. The van der Waals surface area contributed by atoms with Crippen molar-refractivity contribution in [2.75, 3.05) is 13.2 Å². The molecule has 6 aromatic rings. The Morgan fingerprint density at radius 1 is 0.754 bits per heavy atom. The van der Waals surface area contributed by atoms with Crippen molar-refractivity contribution in [3.8, 4) is 11.8 Å². The molecule has 0 saturated carbocycles. The average molecular weight is 847 g/mol. The molecule has 2 aromatic carbocycles. The van der Waals surface area contributed by atoms with E-state index in [0.717, 1.165) is 75.9 Å². The number of hydrogen-bond donors (Lipinski definition) is 5. The van der Waals surface area contributed by atoms with Crippen LogP contribution in [0.4, 0.5) is 13.2 Å². The van der Waals surface area contributed by atoms with Gasteiger partial charge in [-0.05, 0) is 74.2 Å². The number of aliphatic carboxylic acids is 1. The van der Waals surface area contributed by atoms with Gasteiger partial charge < -0.3 is 25.6 Å². The second-order valence-corrected chi connectivity index (χ2v) is 15.6. The zero-order chi connectivity index (χ0) is 44.7. The Balaban J connectivity index is 0.000000222. The van der Waals surface area contributed by atoms with Crippen LogP contribution in [0.3, 0.4) is 0 Å². The maximum atomic E-state index is 12.8. The van der Waals surface area contributed by atoms with E-state index in [1.165, 1.54) is 6.07 Å². The molecule has 61 heavy (non-hydrogen) atoms. The molecule has 0 spiro atoms. The summed E-state index contributed by atoms with van der Waals surface area (Å²) in [6, 6.07) is 17.7. The molecule has 0 bridgehead atoms. The highest BCUT2D eigenvalue weighted by Crippen LogP contribution is 2.30. The van der Waals surface area contributed by atoms with Crippen molar-refractivity contribution in [1.29, 1.82) is 0 Å². The standard InChI is InChI=1S/C24H32N4O2.C11H15F3N2O.C10H10N2O2/c1-6-7-12-30-23-18(9-11-21(27-23)24(3,4)5)14-25-22(29)16(2)17-8-10-20-19(13-17)15-26-28-20;1-2-3-6-17-10-8(7-15)4-5-9(16-10)11(12,13)14;1-6(10(13)14)7-2-3-9-8(4-7)5-11-12-9/h8-11,13,15-16H,6-7,12,14H2,1-5H3,(H,25,29)(H,26,28);4-5H,2-3,6-7,15H2,1H3;2-6H,1H3,(H,11,12)(H,13,14). The number of H-pyrrole nitrogens is 2. The molecule has 2 atom stereocenters. The van der Waals surface area contributed by atoms with Gasteiger partial charge in [-0.15, -0.1) is 0 Å². The summed E-state index contributed by atoms with van der Waals surface area (Å²) in [6.07, 6.45) is 2.69. The van der Waals surface area contributed by atoms with E-state index >= 15 is 0 Å². The number of halogens is 3. The van der Waals surface area contributed by atoms with E-state index in [9.17, 15) is 22.8 Å². The Bertz CT molecular complexity index is 2340. The lowest BCUT2D eigenvalue weighted by Gasteiger charge is -2.20. The number of amides is 1. The van der Waals surface area contributed by atoms with Gasteiger partial charge in [-0.25, -0.2) is 9.97 Å². The van der Waals surface area contributed by atoms with Crippen LogP contribution in [0, 0.1) is 0 Å². The zero-order valence-corrected chi connectivity index (χ0v) is 35.8. The van der Waals surface area contributed by atoms with Crippen molar-refractivity contribution >= 4 is 33.7 Å². The normalized spacial score (nSPS) is 12.4. The van der Waals surface area contributed by atoms with E-state index in [4.69, 9.17) is 25.3 Å². The highest BCUT2D eigenvalue weighted by Gasteiger charge is 2.33. The van der Waals surface area contributed by atoms with Crippen LogP contribution in [0.2, 0.25) is 0 Å². The molecule has 6 N–H and O–H groups in total. The van der Waals surface area contributed by atoms with Gasteiger partial charge in [-0.2, -0.15) is 23.4 Å². The molecule has 0 aliphatic carbocycles. The van der Waals surface area contributed by atoms with Crippen molar-refractivity contribution in [2.45, 2.75) is 111 Å². The van der Waals surface area contributed by atoms with E-state index in [1.54, 1.807) is 25.4 Å². The van der Waals surface area contributed by atoms with Gasteiger partial charge in [0.15, 0.2) is 0 Å². The molecule has 4 aromatic heterocycles. The van der Waals surface area contributed by atoms with E-state index in [1.807, 2.05) is 56.3 Å². The second-order valence-electron chi connectivity index (χ2n) is 15.6. The predicted octanol–water partition coefficient (Wildman–Crippen LogP) is 9.34. The van der Waals surface area contributed by atoms with Gasteiger partial charge in [0.2, 0.25) is 17.7 Å². The number of nitrogens with zero attached hydrogens (tertiary/aromatic N) is 4. The number of carbonyl (C=O) groups excluding carboxylic acids is 1. The highest BCUT2D eigenvalue weighted by atomic mass is 19.4. The first-order chi connectivity index (χ1) is 29.0. The van der Waals surface area contributed by atoms with Crippen LogP contribution in [-0.4, -0.2) is 60.6 Å². The summed E-state index contributed by atoms with van der Waals surface area (Å²) in [4.78, 5) is 31.7. The largest absolute Gasteiger partial charge is 0.481 e. The number of fused-ring (bicyclic) bond motifs is 2. The maximum Gasteiger partial charge on any atom is 0.433 e. The molecular formula is C45H57F3N8O5.